The Morgan fingerprint density at radius 1 is 1.53 bits per heavy atom. The zero-order valence-electron chi connectivity index (χ0n) is 10.8. The first-order valence-corrected chi connectivity index (χ1v) is 6.05. The maximum Gasteiger partial charge on any atom is 0.341 e. The fourth-order valence-electron chi connectivity index (χ4n) is 1.69. The second-order valence-corrected chi connectivity index (χ2v) is 4.08. The number of aromatic nitrogens is 1. The van der Waals surface area contributed by atoms with Crippen molar-refractivity contribution in [2.45, 2.75) is 13.0 Å². The highest BCUT2D eigenvalue weighted by molar-refractivity contribution is 5.88. The number of nitrogens with zero attached hydrogens (tertiary/aromatic N) is 1. The first kappa shape index (κ1) is 13.3. The van der Waals surface area contributed by atoms with E-state index >= 15 is 0 Å². The van der Waals surface area contributed by atoms with E-state index in [2.05, 4.69) is 15.0 Å². The van der Waals surface area contributed by atoms with E-state index in [0.717, 1.165) is 13.0 Å². The van der Waals surface area contributed by atoms with Gasteiger partial charge in [-0.3, -0.25) is 4.98 Å². The molecule has 0 saturated heterocycles. The number of carbonyl (C=O) groups excluding carboxylic acids is 1. The van der Waals surface area contributed by atoms with Crippen molar-refractivity contribution in [1.29, 1.82) is 0 Å². The highest BCUT2D eigenvalue weighted by Crippen LogP contribution is 2.08. The summed E-state index contributed by atoms with van der Waals surface area (Å²) in [5.74, 6) is 0.331. The molecule has 2 aromatic heterocycles. The van der Waals surface area contributed by atoms with Crippen LogP contribution in [0.4, 0.5) is 0 Å². The predicted octanol–water partition coefficient (Wildman–Crippen LogP) is 1.79. The molecule has 0 unspecified atom stereocenters. The molecule has 0 amide bonds. The number of rotatable bonds is 6. The molecular weight excluding hydrogens is 244 g/mol. The summed E-state index contributed by atoms with van der Waals surface area (Å²) in [6.45, 7) is 1.40. The van der Waals surface area contributed by atoms with Gasteiger partial charge in [0, 0.05) is 12.4 Å². The normalized spacial score (nSPS) is 10.4. The Labute approximate surface area is 111 Å². The number of esters is 1. The summed E-state index contributed by atoms with van der Waals surface area (Å²) in [6.07, 6.45) is 5.92. The van der Waals surface area contributed by atoms with Crippen molar-refractivity contribution >= 4 is 5.97 Å². The fraction of sp³-hybridized carbons (Fsp3) is 0.286. The monoisotopic (exact) mass is 260 g/mol. The molecular formula is C14H16N2O3. The van der Waals surface area contributed by atoms with Gasteiger partial charge in [0.2, 0.25) is 0 Å². The Morgan fingerprint density at radius 2 is 2.42 bits per heavy atom. The number of hydrogen-bond donors (Lipinski definition) is 1. The molecule has 0 saturated carbocycles. The third-order valence-electron chi connectivity index (χ3n) is 2.69. The lowest BCUT2D eigenvalue weighted by Crippen LogP contribution is -2.16. The quantitative estimate of drug-likeness (QED) is 0.633. The Kier molecular flexibility index (Phi) is 4.69. The second kappa shape index (κ2) is 6.70. The van der Waals surface area contributed by atoms with Gasteiger partial charge in [0.1, 0.15) is 12.0 Å². The predicted molar refractivity (Wildman–Crippen MR) is 69.7 cm³/mol. The average Bonchev–Trinajstić information content (AvgIpc) is 2.93. The van der Waals surface area contributed by atoms with Gasteiger partial charge in [0.25, 0.3) is 0 Å². The van der Waals surface area contributed by atoms with Gasteiger partial charge in [-0.05, 0) is 30.7 Å². The molecule has 0 aliphatic heterocycles. The molecule has 100 valence electrons. The Morgan fingerprint density at radius 3 is 3.16 bits per heavy atom. The van der Waals surface area contributed by atoms with Crippen molar-refractivity contribution in [1.82, 2.24) is 10.3 Å². The fourth-order valence-corrected chi connectivity index (χ4v) is 1.69. The molecule has 0 radical (unpaired) electrons. The molecule has 0 aromatic carbocycles. The number of carbonyl (C=O) groups is 1. The van der Waals surface area contributed by atoms with E-state index < -0.39 is 0 Å². The summed E-state index contributed by atoms with van der Waals surface area (Å²) >= 11 is 0. The van der Waals surface area contributed by atoms with E-state index in [1.807, 2.05) is 18.3 Å². The number of hydrogen-bond acceptors (Lipinski definition) is 5. The molecule has 0 atom stereocenters. The first-order valence-electron chi connectivity index (χ1n) is 6.05. The van der Waals surface area contributed by atoms with Crippen molar-refractivity contribution in [2.75, 3.05) is 13.7 Å². The van der Waals surface area contributed by atoms with Crippen LogP contribution < -0.4 is 5.32 Å². The number of furan rings is 1. The number of nitrogens with one attached hydrogen (secondary N) is 1. The highest BCUT2D eigenvalue weighted by Gasteiger charge is 2.09. The number of ether oxygens (including phenoxy) is 1. The molecule has 2 heterocycles. The van der Waals surface area contributed by atoms with Gasteiger partial charge in [-0.25, -0.2) is 4.79 Å². The minimum Gasteiger partial charge on any atom is -0.467 e. The van der Waals surface area contributed by atoms with E-state index in [9.17, 15) is 4.79 Å². The van der Waals surface area contributed by atoms with Gasteiger partial charge in [-0.15, -0.1) is 0 Å². The first-order chi connectivity index (χ1) is 9.29. The largest absolute Gasteiger partial charge is 0.467 e. The van der Waals surface area contributed by atoms with Crippen molar-refractivity contribution in [3.8, 4) is 0 Å². The van der Waals surface area contributed by atoms with Crippen LogP contribution in [0.25, 0.3) is 0 Å². The van der Waals surface area contributed by atoms with Crippen molar-refractivity contribution in [3.05, 3.63) is 53.7 Å². The van der Waals surface area contributed by atoms with Crippen LogP contribution in [0.5, 0.6) is 0 Å². The molecule has 5 nitrogen and oxygen atoms in total. The molecule has 0 fully saturated rings. The Bertz CT molecular complexity index is 522. The van der Waals surface area contributed by atoms with Crippen LogP contribution in [0, 0.1) is 0 Å². The van der Waals surface area contributed by atoms with Crippen LogP contribution in [0.3, 0.4) is 0 Å². The van der Waals surface area contributed by atoms with Crippen LogP contribution in [0.1, 0.15) is 21.7 Å². The van der Waals surface area contributed by atoms with Gasteiger partial charge in [0.15, 0.2) is 0 Å². The van der Waals surface area contributed by atoms with Crippen molar-refractivity contribution in [2.24, 2.45) is 0 Å². The van der Waals surface area contributed by atoms with Gasteiger partial charge in [0.05, 0.1) is 19.2 Å². The standard InChI is InChI=1S/C14H16N2O3/c1-18-14(17)12-7-13(19-10-12)9-16-6-4-11-3-2-5-15-8-11/h2-3,5,7-8,10,16H,4,6,9H2,1H3. The zero-order chi connectivity index (χ0) is 13.5. The molecule has 1 N–H and O–H groups in total. The molecule has 0 aliphatic carbocycles. The lowest BCUT2D eigenvalue weighted by atomic mass is 10.2. The maximum absolute atomic E-state index is 11.2. The summed E-state index contributed by atoms with van der Waals surface area (Å²) in [7, 11) is 1.35. The summed E-state index contributed by atoms with van der Waals surface area (Å²) in [5.41, 5.74) is 1.62. The molecule has 19 heavy (non-hydrogen) atoms. The van der Waals surface area contributed by atoms with E-state index in [0.29, 0.717) is 17.9 Å². The lowest BCUT2D eigenvalue weighted by Gasteiger charge is -2.02. The van der Waals surface area contributed by atoms with Gasteiger partial charge in [-0.1, -0.05) is 6.07 Å². The molecule has 0 spiro atoms. The minimum absolute atomic E-state index is 0.384. The van der Waals surface area contributed by atoms with E-state index in [1.54, 1.807) is 12.3 Å². The summed E-state index contributed by atoms with van der Waals surface area (Å²) in [6, 6.07) is 5.64. The second-order valence-electron chi connectivity index (χ2n) is 4.08. The van der Waals surface area contributed by atoms with Crippen molar-refractivity contribution in [3.63, 3.8) is 0 Å². The maximum atomic E-state index is 11.2. The van der Waals surface area contributed by atoms with Gasteiger partial charge in [-0.2, -0.15) is 0 Å². The van der Waals surface area contributed by atoms with E-state index in [-0.39, 0.29) is 5.97 Å². The summed E-state index contributed by atoms with van der Waals surface area (Å²) < 4.78 is 9.87. The third-order valence-corrected chi connectivity index (χ3v) is 2.69. The molecule has 0 aliphatic rings. The van der Waals surface area contributed by atoms with E-state index in [1.165, 1.54) is 18.9 Å². The molecule has 5 heteroatoms. The smallest absolute Gasteiger partial charge is 0.341 e. The topological polar surface area (TPSA) is 64.4 Å². The molecule has 2 rings (SSSR count). The Hall–Kier alpha value is -2.14. The molecule has 0 bridgehead atoms. The zero-order valence-corrected chi connectivity index (χ0v) is 10.8. The van der Waals surface area contributed by atoms with Gasteiger partial charge < -0.3 is 14.5 Å². The lowest BCUT2D eigenvalue weighted by molar-refractivity contribution is 0.0600. The minimum atomic E-state index is -0.384. The van der Waals surface area contributed by atoms with Crippen LogP contribution in [-0.4, -0.2) is 24.6 Å². The molecule has 2 aromatic rings. The summed E-state index contributed by atoms with van der Waals surface area (Å²) in [4.78, 5) is 15.3. The number of methoxy groups -OCH3 is 1. The van der Waals surface area contributed by atoms with Crippen LogP contribution >= 0.6 is 0 Å². The highest BCUT2D eigenvalue weighted by atomic mass is 16.5. The van der Waals surface area contributed by atoms with Crippen molar-refractivity contribution < 1.29 is 13.9 Å². The van der Waals surface area contributed by atoms with Gasteiger partial charge >= 0.3 is 5.97 Å². The third kappa shape index (κ3) is 3.93. The van der Waals surface area contributed by atoms with E-state index in [4.69, 9.17) is 4.42 Å². The average molecular weight is 260 g/mol. The number of pyridine rings is 1. The Balaban J connectivity index is 1.74. The van der Waals surface area contributed by atoms with Crippen LogP contribution in [-0.2, 0) is 17.7 Å². The van der Waals surface area contributed by atoms with Crippen LogP contribution in [0.2, 0.25) is 0 Å². The SMILES string of the molecule is COC(=O)c1coc(CNCCc2cccnc2)c1. The van der Waals surface area contributed by atoms with Crippen LogP contribution in [0.15, 0.2) is 41.3 Å². The summed E-state index contributed by atoms with van der Waals surface area (Å²) in [5, 5.41) is 3.25.